The second kappa shape index (κ2) is 5.78. The van der Waals surface area contributed by atoms with Crippen molar-refractivity contribution in [3.05, 3.63) is 45.4 Å². The van der Waals surface area contributed by atoms with Crippen LogP contribution in [-0.4, -0.2) is 13.4 Å². The van der Waals surface area contributed by atoms with Crippen molar-refractivity contribution >= 4 is 48.9 Å². The van der Waals surface area contributed by atoms with E-state index in [1.165, 1.54) is 12.1 Å². The Morgan fingerprint density at radius 1 is 1.38 bits per heavy atom. The molecule has 5 nitrogen and oxygen atoms in total. The summed E-state index contributed by atoms with van der Waals surface area (Å²) in [5.41, 5.74) is 6.05. The van der Waals surface area contributed by atoms with Gasteiger partial charge in [-0.1, -0.05) is 11.6 Å². The SMILES string of the molecule is Cc1nc(Cl)ccc1NS(=O)(=O)c1cc(Br)c(F)cc1N. The average molecular weight is 395 g/mol. The number of nitrogens with zero attached hydrogens (tertiary/aromatic N) is 1. The Labute approximate surface area is 134 Å². The van der Waals surface area contributed by atoms with Gasteiger partial charge in [0, 0.05) is 0 Å². The van der Waals surface area contributed by atoms with Gasteiger partial charge < -0.3 is 5.73 Å². The van der Waals surface area contributed by atoms with Crippen LogP contribution in [0.1, 0.15) is 5.69 Å². The lowest BCUT2D eigenvalue weighted by Gasteiger charge is -2.12. The summed E-state index contributed by atoms with van der Waals surface area (Å²) in [6.07, 6.45) is 0. The van der Waals surface area contributed by atoms with Gasteiger partial charge in [0.2, 0.25) is 0 Å². The number of pyridine rings is 1. The van der Waals surface area contributed by atoms with Crippen LogP contribution >= 0.6 is 27.5 Å². The zero-order chi connectivity index (χ0) is 15.8. The maximum Gasteiger partial charge on any atom is 0.264 e. The topological polar surface area (TPSA) is 85.1 Å². The third-order valence-corrected chi connectivity index (χ3v) is 4.88. The quantitative estimate of drug-likeness (QED) is 0.618. The summed E-state index contributed by atoms with van der Waals surface area (Å²) in [7, 11) is -3.97. The number of anilines is 2. The zero-order valence-corrected chi connectivity index (χ0v) is 13.9. The minimum absolute atomic E-state index is 0.00280. The molecule has 112 valence electrons. The number of nitrogens with one attached hydrogen (secondary N) is 1. The normalized spacial score (nSPS) is 11.4. The van der Waals surface area contributed by atoms with E-state index in [4.69, 9.17) is 17.3 Å². The van der Waals surface area contributed by atoms with E-state index in [0.29, 0.717) is 5.69 Å². The lowest BCUT2D eigenvalue weighted by atomic mass is 10.3. The first-order valence-corrected chi connectivity index (χ1v) is 8.26. The number of aromatic nitrogens is 1. The van der Waals surface area contributed by atoms with E-state index in [1.807, 2.05) is 0 Å². The van der Waals surface area contributed by atoms with E-state index in [2.05, 4.69) is 25.6 Å². The van der Waals surface area contributed by atoms with Gasteiger partial charge in [-0.15, -0.1) is 0 Å². The second-order valence-corrected chi connectivity index (χ2v) is 7.07. The van der Waals surface area contributed by atoms with Gasteiger partial charge in [-0.3, -0.25) is 4.72 Å². The number of nitrogen functional groups attached to an aromatic ring is 1. The first kappa shape index (κ1) is 16.0. The van der Waals surface area contributed by atoms with E-state index < -0.39 is 15.8 Å². The highest BCUT2D eigenvalue weighted by atomic mass is 79.9. The lowest BCUT2D eigenvalue weighted by molar-refractivity contribution is 0.599. The van der Waals surface area contributed by atoms with Crippen molar-refractivity contribution in [2.45, 2.75) is 11.8 Å². The van der Waals surface area contributed by atoms with Gasteiger partial charge in [0.25, 0.3) is 10.0 Å². The van der Waals surface area contributed by atoms with Gasteiger partial charge in [-0.2, -0.15) is 0 Å². The van der Waals surface area contributed by atoms with Crippen molar-refractivity contribution in [3.8, 4) is 0 Å². The van der Waals surface area contributed by atoms with Crippen molar-refractivity contribution < 1.29 is 12.8 Å². The van der Waals surface area contributed by atoms with Gasteiger partial charge in [-0.25, -0.2) is 17.8 Å². The Morgan fingerprint density at radius 2 is 2.05 bits per heavy atom. The highest BCUT2D eigenvalue weighted by Gasteiger charge is 2.21. The summed E-state index contributed by atoms with van der Waals surface area (Å²) >= 11 is 8.64. The molecule has 1 aromatic carbocycles. The van der Waals surface area contributed by atoms with Gasteiger partial charge in [0.15, 0.2) is 0 Å². The summed E-state index contributed by atoms with van der Waals surface area (Å²) in [4.78, 5) is 3.71. The van der Waals surface area contributed by atoms with Crippen LogP contribution < -0.4 is 10.5 Å². The molecule has 0 aliphatic rings. The minimum atomic E-state index is -3.97. The molecular weight excluding hydrogens is 385 g/mol. The first-order valence-electron chi connectivity index (χ1n) is 5.61. The number of halogens is 3. The molecule has 0 saturated carbocycles. The maximum absolute atomic E-state index is 13.3. The monoisotopic (exact) mass is 393 g/mol. The van der Waals surface area contributed by atoms with Crippen molar-refractivity contribution in [1.82, 2.24) is 4.98 Å². The molecule has 0 aliphatic carbocycles. The van der Waals surface area contributed by atoms with Crippen LogP contribution in [0.2, 0.25) is 5.15 Å². The van der Waals surface area contributed by atoms with Gasteiger partial charge >= 0.3 is 0 Å². The molecule has 0 fully saturated rings. The fraction of sp³-hybridized carbons (Fsp3) is 0.0833. The van der Waals surface area contributed by atoms with Crippen LogP contribution in [-0.2, 0) is 10.0 Å². The van der Waals surface area contributed by atoms with Crippen molar-refractivity contribution in [3.63, 3.8) is 0 Å². The molecule has 0 saturated heterocycles. The molecule has 0 atom stereocenters. The Hall–Kier alpha value is -1.38. The molecular formula is C12H10BrClFN3O2S. The van der Waals surface area contributed by atoms with Crippen LogP contribution in [0.3, 0.4) is 0 Å². The van der Waals surface area contributed by atoms with Crippen LogP contribution in [0.5, 0.6) is 0 Å². The van der Waals surface area contributed by atoms with Gasteiger partial charge in [-0.05, 0) is 47.1 Å². The van der Waals surface area contributed by atoms with Crippen LogP contribution in [0, 0.1) is 12.7 Å². The van der Waals surface area contributed by atoms with E-state index in [1.54, 1.807) is 6.92 Å². The number of sulfonamides is 1. The molecule has 0 spiro atoms. The number of benzene rings is 1. The molecule has 0 aliphatic heterocycles. The molecule has 1 heterocycles. The predicted molar refractivity (Wildman–Crippen MR) is 83.3 cm³/mol. The maximum atomic E-state index is 13.3. The van der Waals surface area contributed by atoms with E-state index >= 15 is 0 Å². The number of hydrogen-bond acceptors (Lipinski definition) is 4. The standard InChI is InChI=1S/C12H10BrClFN3O2S/c1-6-10(2-3-12(14)17-6)18-21(19,20)11-4-7(13)8(15)5-9(11)16/h2-5,18H,16H2,1H3. The zero-order valence-electron chi connectivity index (χ0n) is 10.7. The third kappa shape index (κ3) is 3.45. The fourth-order valence-electron chi connectivity index (χ4n) is 1.61. The number of hydrogen-bond donors (Lipinski definition) is 2. The minimum Gasteiger partial charge on any atom is -0.398 e. The summed E-state index contributed by atoms with van der Waals surface area (Å²) in [6.45, 7) is 1.60. The summed E-state index contributed by atoms with van der Waals surface area (Å²) in [5.74, 6) is -0.643. The number of aryl methyl sites for hydroxylation is 1. The smallest absolute Gasteiger partial charge is 0.264 e. The second-order valence-electron chi connectivity index (χ2n) is 4.18. The molecule has 9 heteroatoms. The highest BCUT2D eigenvalue weighted by Crippen LogP contribution is 2.28. The number of rotatable bonds is 3. The Morgan fingerprint density at radius 3 is 2.67 bits per heavy atom. The number of nitrogens with two attached hydrogens (primary N) is 1. The third-order valence-electron chi connectivity index (χ3n) is 2.64. The molecule has 0 bridgehead atoms. The molecule has 2 aromatic rings. The first-order chi connectivity index (χ1) is 9.70. The molecule has 2 rings (SSSR count). The summed E-state index contributed by atoms with van der Waals surface area (Å²) < 4.78 is 40.3. The Kier molecular flexibility index (Phi) is 4.40. The summed E-state index contributed by atoms with van der Waals surface area (Å²) in [5, 5.41) is 0.250. The van der Waals surface area contributed by atoms with E-state index in [9.17, 15) is 12.8 Å². The van der Waals surface area contributed by atoms with Gasteiger partial charge in [0.05, 0.1) is 21.5 Å². The van der Waals surface area contributed by atoms with E-state index in [0.717, 1.165) is 12.1 Å². The highest BCUT2D eigenvalue weighted by molar-refractivity contribution is 9.10. The largest absolute Gasteiger partial charge is 0.398 e. The van der Waals surface area contributed by atoms with Crippen molar-refractivity contribution in [2.24, 2.45) is 0 Å². The van der Waals surface area contributed by atoms with Crippen molar-refractivity contribution in [1.29, 1.82) is 0 Å². The average Bonchev–Trinajstić information content (AvgIpc) is 2.37. The van der Waals surface area contributed by atoms with E-state index in [-0.39, 0.29) is 25.9 Å². The van der Waals surface area contributed by atoms with Gasteiger partial charge in [0.1, 0.15) is 15.9 Å². The molecule has 0 radical (unpaired) electrons. The molecule has 3 N–H and O–H groups in total. The Balaban J connectivity index is 2.46. The van der Waals surface area contributed by atoms with Crippen molar-refractivity contribution in [2.75, 3.05) is 10.5 Å². The fourth-order valence-corrected chi connectivity index (χ4v) is 3.56. The Bertz CT molecular complexity index is 814. The summed E-state index contributed by atoms with van der Waals surface area (Å²) in [6, 6.07) is 4.98. The molecule has 1 aromatic heterocycles. The lowest BCUT2D eigenvalue weighted by Crippen LogP contribution is -2.16. The predicted octanol–water partition coefficient (Wildman–Crippen LogP) is 3.33. The molecule has 0 unspecified atom stereocenters. The van der Waals surface area contributed by atoms with Crippen LogP contribution in [0.4, 0.5) is 15.8 Å². The van der Waals surface area contributed by atoms with Crippen LogP contribution in [0.25, 0.3) is 0 Å². The van der Waals surface area contributed by atoms with Crippen LogP contribution in [0.15, 0.2) is 33.6 Å². The molecule has 21 heavy (non-hydrogen) atoms. The molecule has 0 amide bonds.